The Morgan fingerprint density at radius 2 is 2.10 bits per heavy atom. The maximum Gasteiger partial charge on any atom is 0.338 e. The zero-order valence-electron chi connectivity index (χ0n) is 16.6. The third kappa shape index (κ3) is 3.85. The molecule has 0 fully saturated rings. The molecule has 2 aromatic carbocycles. The number of amides is 1. The Labute approximate surface area is 169 Å². The molecule has 2 atom stereocenters. The highest BCUT2D eigenvalue weighted by Crippen LogP contribution is 2.29. The van der Waals surface area contributed by atoms with E-state index in [4.69, 9.17) is 4.74 Å². The Balaban J connectivity index is 1.42. The zero-order chi connectivity index (χ0) is 20.4. The Bertz CT molecular complexity index is 1060. The van der Waals surface area contributed by atoms with Gasteiger partial charge in [0, 0.05) is 6.54 Å². The molecule has 0 bridgehead atoms. The fourth-order valence-corrected chi connectivity index (χ4v) is 3.81. The van der Waals surface area contributed by atoms with Gasteiger partial charge in [0.1, 0.15) is 5.52 Å². The lowest BCUT2D eigenvalue weighted by Crippen LogP contribution is -2.39. The lowest BCUT2D eigenvalue weighted by Gasteiger charge is -2.27. The molecular formula is C22H24N4O3. The summed E-state index contributed by atoms with van der Waals surface area (Å²) in [5, 5.41) is 11.1. The van der Waals surface area contributed by atoms with Crippen LogP contribution in [-0.2, 0) is 22.5 Å². The molecule has 150 valence electrons. The number of rotatable bonds is 5. The number of nitrogens with zero attached hydrogens (tertiary/aromatic N) is 3. The van der Waals surface area contributed by atoms with E-state index in [1.807, 2.05) is 19.1 Å². The van der Waals surface area contributed by atoms with Crippen LogP contribution in [0.5, 0.6) is 0 Å². The predicted octanol–water partition coefficient (Wildman–Crippen LogP) is 3.19. The molecule has 2 unspecified atom stereocenters. The van der Waals surface area contributed by atoms with Crippen molar-refractivity contribution in [2.24, 2.45) is 0 Å². The summed E-state index contributed by atoms with van der Waals surface area (Å²) in [6.45, 7) is 4.26. The summed E-state index contributed by atoms with van der Waals surface area (Å²) >= 11 is 0. The number of hydrogen-bond donors (Lipinski definition) is 1. The molecule has 1 N–H and O–H groups in total. The number of esters is 1. The normalized spacial score (nSPS) is 16.8. The molecule has 0 radical (unpaired) electrons. The highest BCUT2D eigenvalue weighted by Gasteiger charge is 2.25. The van der Waals surface area contributed by atoms with Gasteiger partial charge in [0.05, 0.1) is 17.1 Å². The predicted molar refractivity (Wildman–Crippen MR) is 108 cm³/mol. The average Bonchev–Trinajstić information content (AvgIpc) is 3.16. The van der Waals surface area contributed by atoms with E-state index in [2.05, 4.69) is 27.8 Å². The molecule has 3 aromatic rings. The van der Waals surface area contributed by atoms with Crippen molar-refractivity contribution >= 4 is 22.9 Å². The van der Waals surface area contributed by atoms with Crippen LogP contribution in [-0.4, -0.2) is 33.0 Å². The van der Waals surface area contributed by atoms with E-state index < -0.39 is 12.1 Å². The van der Waals surface area contributed by atoms with Crippen molar-refractivity contribution in [3.8, 4) is 0 Å². The highest BCUT2D eigenvalue weighted by molar-refractivity contribution is 5.95. The Morgan fingerprint density at radius 1 is 1.28 bits per heavy atom. The summed E-state index contributed by atoms with van der Waals surface area (Å²) in [6, 6.07) is 13.2. The number of aryl methyl sites for hydroxylation is 2. The smallest absolute Gasteiger partial charge is 0.338 e. The largest absolute Gasteiger partial charge is 0.449 e. The summed E-state index contributed by atoms with van der Waals surface area (Å²) in [6.07, 6.45) is 2.04. The first-order valence-electron chi connectivity index (χ1n) is 9.99. The maximum atomic E-state index is 12.6. The number of aromatic nitrogens is 3. The van der Waals surface area contributed by atoms with Gasteiger partial charge in [0.2, 0.25) is 0 Å². The topological polar surface area (TPSA) is 86.1 Å². The number of carbonyl (C=O) groups excluding carboxylic acids is 2. The summed E-state index contributed by atoms with van der Waals surface area (Å²) in [4.78, 5) is 25.1. The van der Waals surface area contributed by atoms with Crippen LogP contribution >= 0.6 is 0 Å². The van der Waals surface area contributed by atoms with Gasteiger partial charge in [-0.15, -0.1) is 5.10 Å². The second-order valence-corrected chi connectivity index (χ2v) is 7.31. The Kier molecular flexibility index (Phi) is 5.29. The molecule has 0 spiro atoms. The van der Waals surface area contributed by atoms with Gasteiger partial charge < -0.3 is 10.1 Å². The van der Waals surface area contributed by atoms with Crippen molar-refractivity contribution in [2.45, 2.75) is 51.8 Å². The van der Waals surface area contributed by atoms with Crippen molar-refractivity contribution in [3.63, 3.8) is 0 Å². The molecule has 1 aromatic heterocycles. The monoisotopic (exact) mass is 392 g/mol. The van der Waals surface area contributed by atoms with Crippen LogP contribution in [0.1, 0.15) is 54.2 Å². The van der Waals surface area contributed by atoms with Crippen molar-refractivity contribution in [3.05, 3.63) is 59.2 Å². The van der Waals surface area contributed by atoms with Gasteiger partial charge in [-0.2, -0.15) is 0 Å². The quantitative estimate of drug-likeness (QED) is 0.674. The van der Waals surface area contributed by atoms with Crippen molar-refractivity contribution in [1.29, 1.82) is 0 Å². The second-order valence-electron chi connectivity index (χ2n) is 7.31. The summed E-state index contributed by atoms with van der Waals surface area (Å²) < 4.78 is 7.16. The number of ether oxygens (including phenoxy) is 1. The van der Waals surface area contributed by atoms with Crippen molar-refractivity contribution < 1.29 is 14.3 Å². The number of nitrogens with one attached hydrogen (secondary N) is 1. The fraction of sp³-hybridized carbons (Fsp3) is 0.364. The van der Waals surface area contributed by atoms with Gasteiger partial charge in [0.25, 0.3) is 5.91 Å². The Morgan fingerprint density at radius 3 is 2.93 bits per heavy atom. The van der Waals surface area contributed by atoms with Crippen molar-refractivity contribution in [2.75, 3.05) is 0 Å². The van der Waals surface area contributed by atoms with E-state index in [0.29, 0.717) is 17.6 Å². The molecule has 7 heteroatoms. The standard InChI is InChI=1S/C22H24N4O3/c1-3-26-20-12-11-16(13-19(20)24-25-26)22(28)29-14(2)21(27)23-18-10-6-8-15-7-4-5-9-17(15)18/h4-5,7,9,11-14,18H,3,6,8,10H2,1-2H3,(H,23,27). The van der Waals surface area contributed by atoms with E-state index in [9.17, 15) is 9.59 Å². The van der Waals surface area contributed by atoms with E-state index in [1.165, 1.54) is 5.56 Å². The number of fused-ring (bicyclic) bond motifs is 2. The average molecular weight is 392 g/mol. The molecule has 0 saturated carbocycles. The minimum absolute atomic E-state index is 0.0472. The first-order chi connectivity index (χ1) is 14.1. The third-order valence-electron chi connectivity index (χ3n) is 5.39. The lowest BCUT2D eigenvalue weighted by atomic mass is 9.87. The van der Waals surface area contributed by atoms with Crippen LogP contribution in [0.2, 0.25) is 0 Å². The third-order valence-corrected chi connectivity index (χ3v) is 5.39. The van der Waals surface area contributed by atoms with E-state index in [0.717, 1.165) is 30.3 Å². The molecule has 1 amide bonds. The molecule has 4 rings (SSSR count). The van der Waals surface area contributed by atoms with Gasteiger partial charge in [-0.05, 0) is 62.4 Å². The summed E-state index contributed by atoms with van der Waals surface area (Å²) in [5.74, 6) is -0.845. The van der Waals surface area contributed by atoms with Crippen LogP contribution in [0.3, 0.4) is 0 Å². The van der Waals surface area contributed by atoms with Crippen LogP contribution < -0.4 is 5.32 Å². The SMILES string of the molecule is CCn1nnc2cc(C(=O)OC(C)C(=O)NC3CCCc4ccccc43)ccc21. The number of hydrogen-bond acceptors (Lipinski definition) is 5. The minimum Gasteiger partial charge on any atom is -0.449 e. The number of benzene rings is 2. The molecule has 0 saturated heterocycles. The van der Waals surface area contributed by atoms with Gasteiger partial charge in [-0.3, -0.25) is 4.79 Å². The summed E-state index contributed by atoms with van der Waals surface area (Å²) in [5.41, 5.74) is 4.24. The minimum atomic E-state index is -0.890. The van der Waals surface area contributed by atoms with Crippen LogP contribution in [0.25, 0.3) is 11.0 Å². The molecule has 1 heterocycles. The number of carbonyl (C=O) groups is 2. The fourth-order valence-electron chi connectivity index (χ4n) is 3.81. The van der Waals surface area contributed by atoms with E-state index in [1.54, 1.807) is 29.8 Å². The van der Waals surface area contributed by atoms with Gasteiger partial charge in [-0.25, -0.2) is 9.48 Å². The first kappa shape index (κ1) is 19.1. The summed E-state index contributed by atoms with van der Waals surface area (Å²) in [7, 11) is 0. The van der Waals surface area contributed by atoms with Crippen LogP contribution in [0.15, 0.2) is 42.5 Å². The van der Waals surface area contributed by atoms with Crippen LogP contribution in [0.4, 0.5) is 0 Å². The zero-order valence-corrected chi connectivity index (χ0v) is 16.6. The van der Waals surface area contributed by atoms with Gasteiger partial charge >= 0.3 is 5.97 Å². The van der Waals surface area contributed by atoms with Gasteiger partial charge in [0.15, 0.2) is 6.10 Å². The first-order valence-corrected chi connectivity index (χ1v) is 9.99. The van der Waals surface area contributed by atoms with E-state index >= 15 is 0 Å². The van der Waals surface area contributed by atoms with Gasteiger partial charge in [-0.1, -0.05) is 29.5 Å². The van der Waals surface area contributed by atoms with Crippen LogP contribution in [0, 0.1) is 0 Å². The molecular weight excluding hydrogens is 368 g/mol. The molecule has 29 heavy (non-hydrogen) atoms. The molecule has 0 aliphatic heterocycles. The Hall–Kier alpha value is -3.22. The van der Waals surface area contributed by atoms with Crippen molar-refractivity contribution in [1.82, 2.24) is 20.3 Å². The molecule has 7 nitrogen and oxygen atoms in total. The lowest BCUT2D eigenvalue weighted by molar-refractivity contribution is -0.130. The highest BCUT2D eigenvalue weighted by atomic mass is 16.5. The molecule has 1 aliphatic carbocycles. The second kappa shape index (κ2) is 8.03. The van der Waals surface area contributed by atoms with E-state index in [-0.39, 0.29) is 11.9 Å². The maximum absolute atomic E-state index is 12.6. The molecule has 1 aliphatic rings.